The molecule has 0 fully saturated rings. The summed E-state index contributed by atoms with van der Waals surface area (Å²) < 4.78 is 0. The minimum atomic E-state index is -0.991. The van der Waals surface area contributed by atoms with Crippen LogP contribution >= 0.6 is 0 Å². The van der Waals surface area contributed by atoms with E-state index < -0.39 is 17.6 Å². The molecule has 4 N–H and O–H groups in total. The van der Waals surface area contributed by atoms with Gasteiger partial charge in [-0.3, -0.25) is 10.1 Å². The first kappa shape index (κ1) is 13.1. The van der Waals surface area contributed by atoms with Crippen LogP contribution in [0.15, 0.2) is 12.1 Å². The van der Waals surface area contributed by atoms with Crippen molar-refractivity contribution in [3.63, 3.8) is 0 Å². The van der Waals surface area contributed by atoms with Gasteiger partial charge in [0.05, 0.1) is 17.6 Å². The highest BCUT2D eigenvalue weighted by atomic mass is 16.6. The molecule has 8 heteroatoms. The summed E-state index contributed by atoms with van der Waals surface area (Å²) in [6.07, 6.45) is -0.991. The Kier molecular flexibility index (Phi) is 4.61. The number of nitro groups is 1. The molecule has 0 spiro atoms. The second-order valence-corrected chi connectivity index (χ2v) is 3.29. The first-order valence-electron chi connectivity index (χ1n) is 4.94. The second-order valence-electron chi connectivity index (χ2n) is 3.29. The maximum absolute atomic E-state index is 10.7. The van der Waals surface area contributed by atoms with E-state index in [2.05, 4.69) is 15.6 Å². The molecule has 0 radical (unpaired) electrons. The van der Waals surface area contributed by atoms with E-state index in [0.29, 0.717) is 5.82 Å². The fourth-order valence-corrected chi connectivity index (χ4v) is 1.15. The molecule has 1 atom stereocenters. The summed E-state index contributed by atoms with van der Waals surface area (Å²) in [6.45, 7) is -0.440. The highest BCUT2D eigenvalue weighted by Crippen LogP contribution is 2.23. The molecule has 0 aliphatic rings. The van der Waals surface area contributed by atoms with Crippen LogP contribution in [-0.2, 0) is 0 Å². The Labute approximate surface area is 97.5 Å². The van der Waals surface area contributed by atoms with Crippen LogP contribution in [0.1, 0.15) is 0 Å². The molecule has 0 aliphatic heterocycles. The molecule has 0 amide bonds. The highest BCUT2D eigenvalue weighted by molar-refractivity contribution is 5.60. The van der Waals surface area contributed by atoms with Gasteiger partial charge in [0, 0.05) is 19.7 Å². The summed E-state index contributed by atoms with van der Waals surface area (Å²) in [5.74, 6) is 0.519. The van der Waals surface area contributed by atoms with Gasteiger partial charge in [-0.1, -0.05) is 0 Å². The summed E-state index contributed by atoms with van der Waals surface area (Å²) in [5.41, 5.74) is -0.186. The molecule has 1 heterocycles. The third-order valence-corrected chi connectivity index (χ3v) is 2.04. The Bertz CT molecular complexity index is 399. The third kappa shape index (κ3) is 3.54. The molecule has 94 valence electrons. The van der Waals surface area contributed by atoms with Crippen molar-refractivity contribution >= 4 is 17.3 Å². The molecule has 1 aromatic rings. The van der Waals surface area contributed by atoms with Crippen molar-refractivity contribution in [3.05, 3.63) is 22.2 Å². The Balaban J connectivity index is 2.89. The molecule has 0 saturated carbocycles. The van der Waals surface area contributed by atoms with Crippen LogP contribution < -0.4 is 10.6 Å². The SMILES string of the molecule is CNc1ccc([N+](=O)[O-])c(NCC(O)CO)n1. The van der Waals surface area contributed by atoms with Crippen LogP contribution in [0.25, 0.3) is 0 Å². The van der Waals surface area contributed by atoms with Crippen molar-refractivity contribution in [2.24, 2.45) is 0 Å². The average Bonchev–Trinajstić information content (AvgIpc) is 2.35. The monoisotopic (exact) mass is 242 g/mol. The van der Waals surface area contributed by atoms with E-state index >= 15 is 0 Å². The number of hydrogen-bond acceptors (Lipinski definition) is 7. The van der Waals surface area contributed by atoms with Gasteiger partial charge in [-0.2, -0.15) is 0 Å². The van der Waals surface area contributed by atoms with Gasteiger partial charge >= 0.3 is 5.69 Å². The molecular weight excluding hydrogens is 228 g/mol. The van der Waals surface area contributed by atoms with Gasteiger partial charge < -0.3 is 20.8 Å². The van der Waals surface area contributed by atoms with Gasteiger partial charge in [0.1, 0.15) is 5.82 Å². The van der Waals surface area contributed by atoms with Gasteiger partial charge in [-0.15, -0.1) is 0 Å². The number of rotatable bonds is 6. The summed E-state index contributed by atoms with van der Waals surface area (Å²) in [7, 11) is 1.64. The summed E-state index contributed by atoms with van der Waals surface area (Å²) in [6, 6.07) is 2.79. The predicted molar refractivity (Wildman–Crippen MR) is 62.0 cm³/mol. The molecule has 0 saturated heterocycles. The topological polar surface area (TPSA) is 121 Å². The Morgan fingerprint density at radius 1 is 1.59 bits per heavy atom. The maximum Gasteiger partial charge on any atom is 0.311 e. The number of nitrogens with one attached hydrogen (secondary N) is 2. The Hall–Kier alpha value is -1.93. The number of pyridine rings is 1. The van der Waals surface area contributed by atoms with Gasteiger partial charge in [0.2, 0.25) is 5.82 Å². The predicted octanol–water partition coefficient (Wildman–Crippen LogP) is -0.203. The second kappa shape index (κ2) is 5.97. The van der Waals surface area contributed by atoms with E-state index in [4.69, 9.17) is 10.2 Å². The minimum Gasteiger partial charge on any atom is -0.394 e. The highest BCUT2D eigenvalue weighted by Gasteiger charge is 2.16. The maximum atomic E-state index is 10.7. The van der Waals surface area contributed by atoms with Crippen LogP contribution in [-0.4, -0.2) is 46.4 Å². The van der Waals surface area contributed by atoms with Crippen LogP contribution in [0, 0.1) is 10.1 Å². The molecule has 1 rings (SSSR count). The van der Waals surface area contributed by atoms with Crippen LogP contribution in [0.3, 0.4) is 0 Å². The van der Waals surface area contributed by atoms with Crippen molar-refractivity contribution in [1.29, 1.82) is 0 Å². The number of nitrogens with zero attached hydrogens (tertiary/aromatic N) is 2. The first-order chi connectivity index (χ1) is 8.08. The van der Waals surface area contributed by atoms with E-state index in [1.54, 1.807) is 7.05 Å². The lowest BCUT2D eigenvalue weighted by Crippen LogP contribution is -2.23. The van der Waals surface area contributed by atoms with E-state index in [9.17, 15) is 10.1 Å². The number of aliphatic hydroxyl groups is 2. The zero-order chi connectivity index (χ0) is 12.8. The molecule has 1 aromatic heterocycles. The van der Waals surface area contributed by atoms with Gasteiger partial charge in [0.15, 0.2) is 0 Å². The molecule has 1 unspecified atom stereocenters. The van der Waals surface area contributed by atoms with Crippen LogP contribution in [0.5, 0.6) is 0 Å². The van der Waals surface area contributed by atoms with E-state index in [-0.39, 0.29) is 18.1 Å². The van der Waals surface area contributed by atoms with Crippen molar-refractivity contribution < 1.29 is 15.1 Å². The third-order valence-electron chi connectivity index (χ3n) is 2.04. The zero-order valence-corrected chi connectivity index (χ0v) is 9.25. The van der Waals surface area contributed by atoms with Gasteiger partial charge in [-0.05, 0) is 6.07 Å². The molecular formula is C9H14N4O4. The van der Waals surface area contributed by atoms with Crippen molar-refractivity contribution in [1.82, 2.24) is 4.98 Å². The number of anilines is 2. The fourth-order valence-electron chi connectivity index (χ4n) is 1.15. The minimum absolute atomic E-state index is 0.0164. The smallest absolute Gasteiger partial charge is 0.311 e. The van der Waals surface area contributed by atoms with E-state index in [1.807, 2.05) is 0 Å². The molecule has 0 aromatic carbocycles. The summed E-state index contributed by atoms with van der Waals surface area (Å²) >= 11 is 0. The largest absolute Gasteiger partial charge is 0.394 e. The lowest BCUT2D eigenvalue weighted by atomic mass is 10.3. The lowest BCUT2D eigenvalue weighted by Gasteiger charge is -2.10. The van der Waals surface area contributed by atoms with Gasteiger partial charge in [-0.25, -0.2) is 4.98 Å². The van der Waals surface area contributed by atoms with E-state index in [0.717, 1.165) is 0 Å². The molecule has 8 nitrogen and oxygen atoms in total. The van der Waals surface area contributed by atoms with Crippen LogP contribution in [0.2, 0.25) is 0 Å². The van der Waals surface area contributed by atoms with Gasteiger partial charge in [0.25, 0.3) is 0 Å². The zero-order valence-electron chi connectivity index (χ0n) is 9.25. The molecule has 0 aliphatic carbocycles. The lowest BCUT2D eigenvalue weighted by molar-refractivity contribution is -0.384. The number of hydrogen-bond donors (Lipinski definition) is 4. The van der Waals surface area contributed by atoms with Crippen molar-refractivity contribution in [2.45, 2.75) is 6.10 Å². The number of aliphatic hydroxyl groups excluding tert-OH is 2. The molecule has 0 bridgehead atoms. The first-order valence-corrected chi connectivity index (χ1v) is 4.94. The van der Waals surface area contributed by atoms with Crippen molar-refractivity contribution in [3.8, 4) is 0 Å². The molecule has 17 heavy (non-hydrogen) atoms. The Morgan fingerprint density at radius 3 is 2.82 bits per heavy atom. The fraction of sp³-hybridized carbons (Fsp3) is 0.444. The summed E-state index contributed by atoms with van der Waals surface area (Å²) in [4.78, 5) is 14.1. The summed E-state index contributed by atoms with van der Waals surface area (Å²) in [5, 5.41) is 33.9. The normalized spacial score (nSPS) is 11.9. The average molecular weight is 242 g/mol. The standard InChI is InChI=1S/C9H14N4O4/c1-10-8-3-2-7(13(16)17)9(12-8)11-4-6(15)5-14/h2-3,6,14-15H,4-5H2,1H3,(H2,10,11,12). The Morgan fingerprint density at radius 2 is 2.29 bits per heavy atom. The number of aromatic nitrogens is 1. The van der Waals surface area contributed by atoms with E-state index in [1.165, 1.54) is 12.1 Å². The van der Waals surface area contributed by atoms with Crippen LogP contribution in [0.4, 0.5) is 17.3 Å². The quantitative estimate of drug-likeness (QED) is 0.402. The van der Waals surface area contributed by atoms with Crippen molar-refractivity contribution in [2.75, 3.05) is 30.8 Å².